The third-order valence-electron chi connectivity index (χ3n) is 4.21. The van der Waals surface area contributed by atoms with E-state index in [2.05, 4.69) is 22.2 Å². The number of hydrogen-bond donors (Lipinski definition) is 0. The fourth-order valence-electron chi connectivity index (χ4n) is 2.80. The molecular weight excluding hydrogens is 284 g/mol. The summed E-state index contributed by atoms with van der Waals surface area (Å²) in [4.78, 5) is 4.47. The maximum Gasteiger partial charge on any atom is 0.113 e. The van der Waals surface area contributed by atoms with E-state index < -0.39 is 0 Å². The number of aromatic nitrogens is 3. The van der Waals surface area contributed by atoms with Crippen LogP contribution in [0.5, 0.6) is 0 Å². The SMILES string of the molecule is CCCCCCCCCCCCN=Cn1nnc2ccccc21. The standard InChI is InChI=1S/C19H30N4/c1-2-3-4-5-6-7-8-9-10-13-16-20-17-23-19-15-12-11-14-18(19)21-22-23/h11-12,14-15,17H,2-10,13,16H2,1H3. The summed E-state index contributed by atoms with van der Waals surface area (Å²) < 4.78 is 1.76. The van der Waals surface area contributed by atoms with Crippen LogP contribution in [0.1, 0.15) is 71.1 Å². The van der Waals surface area contributed by atoms with E-state index >= 15 is 0 Å². The van der Waals surface area contributed by atoms with E-state index in [4.69, 9.17) is 0 Å². The number of fused-ring (bicyclic) bond motifs is 1. The minimum absolute atomic E-state index is 0.880. The quantitative estimate of drug-likeness (QED) is 0.306. The van der Waals surface area contributed by atoms with E-state index in [-0.39, 0.29) is 0 Å². The molecule has 0 aliphatic heterocycles. The van der Waals surface area contributed by atoms with Gasteiger partial charge in [-0.3, -0.25) is 4.99 Å². The van der Waals surface area contributed by atoms with Crippen LogP contribution in [-0.4, -0.2) is 27.9 Å². The first-order valence-electron chi connectivity index (χ1n) is 9.21. The van der Waals surface area contributed by atoms with Gasteiger partial charge in [0.1, 0.15) is 11.9 Å². The largest absolute Gasteiger partial charge is 0.273 e. The third-order valence-corrected chi connectivity index (χ3v) is 4.21. The van der Waals surface area contributed by atoms with Gasteiger partial charge in [-0.15, -0.1) is 5.10 Å². The molecule has 0 saturated carbocycles. The molecule has 0 fully saturated rings. The Hall–Kier alpha value is -1.71. The smallest absolute Gasteiger partial charge is 0.113 e. The van der Waals surface area contributed by atoms with Gasteiger partial charge in [-0.1, -0.05) is 82.1 Å². The van der Waals surface area contributed by atoms with Crippen molar-refractivity contribution in [2.24, 2.45) is 4.99 Å². The summed E-state index contributed by atoms with van der Waals surface area (Å²) in [6, 6.07) is 7.96. The second kappa shape index (κ2) is 10.9. The highest BCUT2D eigenvalue weighted by molar-refractivity contribution is 5.80. The number of aliphatic imine (C=N–C) groups is 1. The van der Waals surface area contributed by atoms with E-state index in [0.717, 1.165) is 17.6 Å². The van der Waals surface area contributed by atoms with Crippen molar-refractivity contribution in [3.63, 3.8) is 0 Å². The van der Waals surface area contributed by atoms with Crippen molar-refractivity contribution < 1.29 is 0 Å². The molecule has 1 aromatic carbocycles. The summed E-state index contributed by atoms with van der Waals surface area (Å²) >= 11 is 0. The second-order valence-corrected chi connectivity index (χ2v) is 6.23. The van der Waals surface area contributed by atoms with Crippen molar-refractivity contribution >= 4 is 17.4 Å². The van der Waals surface area contributed by atoms with Crippen LogP contribution in [0.2, 0.25) is 0 Å². The predicted molar refractivity (Wildman–Crippen MR) is 98.1 cm³/mol. The van der Waals surface area contributed by atoms with Crippen molar-refractivity contribution in [3.05, 3.63) is 24.3 Å². The number of unbranched alkanes of at least 4 members (excludes halogenated alkanes) is 9. The lowest BCUT2D eigenvalue weighted by atomic mass is 10.1. The van der Waals surface area contributed by atoms with Crippen molar-refractivity contribution in [2.75, 3.05) is 6.54 Å². The molecule has 0 saturated heterocycles. The Morgan fingerprint density at radius 3 is 2.30 bits per heavy atom. The van der Waals surface area contributed by atoms with Crippen molar-refractivity contribution in [2.45, 2.75) is 71.1 Å². The molecule has 2 rings (SSSR count). The summed E-state index contributed by atoms with van der Waals surface area (Å²) in [6.07, 6.45) is 15.4. The normalized spacial score (nSPS) is 11.7. The van der Waals surface area contributed by atoms with E-state index in [1.165, 1.54) is 64.2 Å². The molecule has 0 radical (unpaired) electrons. The topological polar surface area (TPSA) is 43.1 Å². The molecular formula is C19H30N4. The summed E-state index contributed by atoms with van der Waals surface area (Å²) in [6.45, 7) is 3.15. The lowest BCUT2D eigenvalue weighted by Gasteiger charge is -2.01. The summed E-state index contributed by atoms with van der Waals surface area (Å²) in [5, 5.41) is 8.22. The number of hydrogen-bond acceptors (Lipinski definition) is 3. The summed E-state index contributed by atoms with van der Waals surface area (Å²) in [5.41, 5.74) is 1.93. The van der Waals surface area contributed by atoms with Gasteiger partial charge in [-0.25, -0.2) is 4.68 Å². The fraction of sp³-hybridized carbons (Fsp3) is 0.632. The Kier molecular flexibility index (Phi) is 8.38. The third kappa shape index (κ3) is 6.51. The molecule has 0 amide bonds. The molecule has 1 heterocycles. The molecule has 0 N–H and O–H groups in total. The summed E-state index contributed by atoms with van der Waals surface area (Å²) in [7, 11) is 0. The van der Waals surface area contributed by atoms with Crippen LogP contribution in [0.3, 0.4) is 0 Å². The van der Waals surface area contributed by atoms with E-state index in [0.29, 0.717) is 0 Å². The zero-order chi connectivity index (χ0) is 16.2. The average molecular weight is 314 g/mol. The highest BCUT2D eigenvalue weighted by Gasteiger charge is 1.99. The number of para-hydroxylation sites is 1. The van der Waals surface area contributed by atoms with Crippen molar-refractivity contribution in [1.82, 2.24) is 15.0 Å². The number of nitrogens with zero attached hydrogens (tertiary/aromatic N) is 4. The van der Waals surface area contributed by atoms with Gasteiger partial charge in [0, 0.05) is 6.54 Å². The van der Waals surface area contributed by atoms with Crippen LogP contribution in [0, 0.1) is 0 Å². The molecule has 0 bridgehead atoms. The van der Waals surface area contributed by atoms with Crippen LogP contribution in [0.15, 0.2) is 29.3 Å². The maximum absolute atomic E-state index is 4.47. The van der Waals surface area contributed by atoms with E-state index in [1.54, 1.807) is 11.0 Å². The molecule has 126 valence electrons. The highest BCUT2D eigenvalue weighted by atomic mass is 15.4. The van der Waals surface area contributed by atoms with Crippen LogP contribution in [0.25, 0.3) is 11.0 Å². The minimum atomic E-state index is 0.880. The predicted octanol–water partition coefficient (Wildman–Crippen LogP) is 5.23. The second-order valence-electron chi connectivity index (χ2n) is 6.23. The Morgan fingerprint density at radius 2 is 1.57 bits per heavy atom. The van der Waals surface area contributed by atoms with Gasteiger partial charge in [-0.05, 0) is 18.6 Å². The Balaban J connectivity index is 1.51. The average Bonchev–Trinajstić information content (AvgIpc) is 2.99. The molecule has 0 unspecified atom stereocenters. The Labute approximate surface area is 140 Å². The molecule has 4 heteroatoms. The lowest BCUT2D eigenvalue weighted by molar-refractivity contribution is 0.558. The van der Waals surface area contributed by atoms with Crippen LogP contribution in [-0.2, 0) is 0 Å². The van der Waals surface area contributed by atoms with Gasteiger partial charge in [0.25, 0.3) is 0 Å². The first-order valence-corrected chi connectivity index (χ1v) is 9.21. The van der Waals surface area contributed by atoms with E-state index in [1.807, 2.05) is 24.3 Å². The van der Waals surface area contributed by atoms with Gasteiger partial charge in [0.15, 0.2) is 0 Å². The molecule has 2 aromatic rings. The summed E-state index contributed by atoms with van der Waals surface area (Å²) in [5.74, 6) is 0. The zero-order valence-corrected chi connectivity index (χ0v) is 14.5. The van der Waals surface area contributed by atoms with Gasteiger partial charge in [0.05, 0.1) is 5.52 Å². The van der Waals surface area contributed by atoms with E-state index in [9.17, 15) is 0 Å². The molecule has 0 aliphatic rings. The first kappa shape index (κ1) is 17.6. The van der Waals surface area contributed by atoms with Gasteiger partial charge >= 0.3 is 0 Å². The lowest BCUT2D eigenvalue weighted by Crippen LogP contribution is -1.98. The van der Waals surface area contributed by atoms with Gasteiger partial charge in [0.2, 0.25) is 0 Å². The highest BCUT2D eigenvalue weighted by Crippen LogP contribution is 2.10. The van der Waals surface area contributed by atoms with Crippen LogP contribution >= 0.6 is 0 Å². The maximum atomic E-state index is 4.47. The molecule has 0 spiro atoms. The molecule has 1 aromatic heterocycles. The van der Waals surface area contributed by atoms with Gasteiger partial charge in [-0.2, -0.15) is 0 Å². The van der Waals surface area contributed by atoms with Crippen LogP contribution < -0.4 is 0 Å². The molecule has 0 aliphatic carbocycles. The fourth-order valence-corrected chi connectivity index (χ4v) is 2.80. The molecule has 4 nitrogen and oxygen atoms in total. The molecule has 0 atom stereocenters. The van der Waals surface area contributed by atoms with Gasteiger partial charge < -0.3 is 0 Å². The number of benzene rings is 1. The Morgan fingerprint density at radius 1 is 0.913 bits per heavy atom. The zero-order valence-electron chi connectivity index (χ0n) is 14.5. The Bertz CT molecular complexity index is 574. The number of rotatable bonds is 12. The van der Waals surface area contributed by atoms with Crippen LogP contribution in [0.4, 0.5) is 0 Å². The minimum Gasteiger partial charge on any atom is -0.273 e. The molecule has 23 heavy (non-hydrogen) atoms. The monoisotopic (exact) mass is 314 g/mol. The van der Waals surface area contributed by atoms with Crippen molar-refractivity contribution in [3.8, 4) is 0 Å². The first-order chi connectivity index (χ1) is 11.4. The van der Waals surface area contributed by atoms with Crippen molar-refractivity contribution in [1.29, 1.82) is 0 Å².